The summed E-state index contributed by atoms with van der Waals surface area (Å²) in [5.74, 6) is -0.118. The van der Waals surface area contributed by atoms with E-state index in [2.05, 4.69) is 5.32 Å². The first-order chi connectivity index (χ1) is 6.25. The highest BCUT2D eigenvalue weighted by Crippen LogP contribution is 2.21. The number of ether oxygens (including phenoxy) is 1. The van der Waals surface area contributed by atoms with Gasteiger partial charge in [0.1, 0.15) is 6.10 Å². The molecule has 0 amide bonds. The zero-order chi connectivity index (χ0) is 9.26. The summed E-state index contributed by atoms with van der Waals surface area (Å²) in [6.45, 7) is 1.56. The third-order valence-electron chi connectivity index (χ3n) is 1.99. The van der Waals surface area contributed by atoms with Crippen LogP contribution in [0.2, 0.25) is 0 Å². The molecule has 1 fully saturated rings. The number of benzene rings is 1. The average Bonchev–Trinajstić information content (AvgIpc) is 1.99. The molecule has 2 rings (SSSR count). The highest BCUT2D eigenvalue weighted by atomic mass is 19.1. The van der Waals surface area contributed by atoms with Gasteiger partial charge in [-0.2, -0.15) is 0 Å². The maximum absolute atomic E-state index is 13.1. The van der Waals surface area contributed by atoms with Crippen molar-refractivity contribution in [1.29, 1.82) is 0 Å². The molecule has 0 aliphatic carbocycles. The normalized spacial score (nSPS) is 16.7. The molecule has 1 heterocycles. The van der Waals surface area contributed by atoms with Crippen molar-refractivity contribution < 1.29 is 9.13 Å². The van der Waals surface area contributed by atoms with Crippen LogP contribution in [0, 0.1) is 5.82 Å². The van der Waals surface area contributed by atoms with E-state index in [1.54, 1.807) is 12.1 Å². The molecule has 1 aliphatic rings. The Bertz CT molecular complexity index is 312. The molecule has 0 radical (unpaired) electrons. The number of rotatable bonds is 2. The third-order valence-corrected chi connectivity index (χ3v) is 1.99. The van der Waals surface area contributed by atoms with Crippen LogP contribution in [-0.4, -0.2) is 19.2 Å². The second-order valence-corrected chi connectivity index (χ2v) is 3.09. The van der Waals surface area contributed by atoms with Crippen LogP contribution in [0.4, 0.5) is 10.1 Å². The molecule has 1 aliphatic heterocycles. The van der Waals surface area contributed by atoms with Crippen LogP contribution in [0.1, 0.15) is 0 Å². The Labute approximate surface area is 75.7 Å². The number of halogens is 1. The Morgan fingerprint density at radius 1 is 1.46 bits per heavy atom. The van der Waals surface area contributed by atoms with Crippen LogP contribution in [-0.2, 0) is 0 Å². The van der Waals surface area contributed by atoms with E-state index in [0.717, 1.165) is 13.1 Å². The molecule has 1 aromatic carbocycles. The van der Waals surface area contributed by atoms with Crippen LogP contribution in [0.25, 0.3) is 0 Å². The molecular formula is C9H11FN2O. The van der Waals surface area contributed by atoms with Crippen LogP contribution in [0.3, 0.4) is 0 Å². The Morgan fingerprint density at radius 3 is 2.77 bits per heavy atom. The first-order valence-electron chi connectivity index (χ1n) is 4.18. The fraction of sp³-hybridized carbons (Fsp3) is 0.333. The predicted molar refractivity (Wildman–Crippen MR) is 48.1 cm³/mol. The van der Waals surface area contributed by atoms with Crippen molar-refractivity contribution >= 4 is 5.69 Å². The molecule has 13 heavy (non-hydrogen) atoms. The van der Waals surface area contributed by atoms with Gasteiger partial charge in [0.2, 0.25) is 0 Å². The van der Waals surface area contributed by atoms with Gasteiger partial charge >= 0.3 is 0 Å². The van der Waals surface area contributed by atoms with Gasteiger partial charge < -0.3 is 15.8 Å². The highest BCUT2D eigenvalue weighted by molar-refractivity contribution is 5.42. The zero-order valence-electron chi connectivity index (χ0n) is 7.09. The molecule has 1 aromatic rings. The lowest BCUT2D eigenvalue weighted by Gasteiger charge is -2.27. The van der Waals surface area contributed by atoms with Gasteiger partial charge in [0.25, 0.3) is 0 Å². The highest BCUT2D eigenvalue weighted by Gasteiger charge is 2.19. The van der Waals surface area contributed by atoms with Crippen LogP contribution in [0.5, 0.6) is 5.75 Å². The van der Waals surface area contributed by atoms with E-state index < -0.39 is 5.82 Å². The Morgan fingerprint density at radius 2 is 2.23 bits per heavy atom. The van der Waals surface area contributed by atoms with Gasteiger partial charge in [0.15, 0.2) is 11.6 Å². The second-order valence-electron chi connectivity index (χ2n) is 3.09. The van der Waals surface area contributed by atoms with E-state index in [4.69, 9.17) is 10.5 Å². The van der Waals surface area contributed by atoms with Crippen LogP contribution >= 0.6 is 0 Å². The van der Waals surface area contributed by atoms with Crippen molar-refractivity contribution in [3.8, 4) is 5.75 Å². The topological polar surface area (TPSA) is 47.3 Å². The Kier molecular flexibility index (Phi) is 2.06. The summed E-state index contributed by atoms with van der Waals surface area (Å²) in [5.41, 5.74) is 5.81. The van der Waals surface area contributed by atoms with Crippen molar-refractivity contribution in [2.45, 2.75) is 6.10 Å². The number of nitrogens with two attached hydrogens (primary N) is 1. The molecule has 0 bridgehead atoms. The van der Waals surface area contributed by atoms with Crippen LogP contribution in [0.15, 0.2) is 18.2 Å². The summed E-state index contributed by atoms with van der Waals surface area (Å²) in [6.07, 6.45) is 0.0955. The van der Waals surface area contributed by atoms with Crippen molar-refractivity contribution in [2.24, 2.45) is 0 Å². The molecule has 0 atom stereocenters. The smallest absolute Gasteiger partial charge is 0.167 e. The van der Waals surface area contributed by atoms with Gasteiger partial charge in [-0.3, -0.25) is 0 Å². The largest absolute Gasteiger partial charge is 0.485 e. The number of hydrogen-bond acceptors (Lipinski definition) is 3. The summed E-state index contributed by atoms with van der Waals surface area (Å²) >= 11 is 0. The molecule has 3 N–H and O–H groups in total. The fourth-order valence-corrected chi connectivity index (χ4v) is 1.14. The van der Waals surface area contributed by atoms with E-state index in [-0.39, 0.29) is 11.9 Å². The SMILES string of the molecule is Nc1ccc(OC2CNC2)c(F)c1. The summed E-state index contributed by atoms with van der Waals surface area (Å²) in [4.78, 5) is 0. The van der Waals surface area contributed by atoms with E-state index >= 15 is 0 Å². The first-order valence-corrected chi connectivity index (χ1v) is 4.18. The minimum atomic E-state index is -0.396. The predicted octanol–water partition coefficient (Wildman–Crippen LogP) is 0.759. The quantitative estimate of drug-likeness (QED) is 0.664. The number of nitrogen functional groups attached to an aromatic ring is 1. The van der Waals surface area contributed by atoms with Gasteiger partial charge in [0.05, 0.1) is 0 Å². The number of hydrogen-bond donors (Lipinski definition) is 2. The van der Waals surface area contributed by atoms with Gasteiger partial charge in [-0.15, -0.1) is 0 Å². The maximum Gasteiger partial charge on any atom is 0.167 e. The molecule has 0 aromatic heterocycles. The van der Waals surface area contributed by atoms with Crippen LogP contribution < -0.4 is 15.8 Å². The zero-order valence-corrected chi connectivity index (χ0v) is 7.09. The summed E-state index contributed by atoms with van der Waals surface area (Å²) in [7, 11) is 0. The molecule has 3 nitrogen and oxygen atoms in total. The molecule has 0 spiro atoms. The van der Waals surface area contributed by atoms with Crippen molar-refractivity contribution in [3.63, 3.8) is 0 Å². The van der Waals surface area contributed by atoms with E-state index in [1.807, 2.05) is 0 Å². The number of nitrogens with one attached hydrogen (secondary N) is 1. The Hall–Kier alpha value is -1.29. The van der Waals surface area contributed by atoms with Crippen molar-refractivity contribution in [1.82, 2.24) is 5.32 Å². The third kappa shape index (κ3) is 1.72. The molecule has 0 unspecified atom stereocenters. The fourth-order valence-electron chi connectivity index (χ4n) is 1.14. The average molecular weight is 182 g/mol. The van der Waals surface area contributed by atoms with E-state index in [9.17, 15) is 4.39 Å². The lowest BCUT2D eigenvalue weighted by molar-refractivity contribution is 0.136. The maximum atomic E-state index is 13.1. The first kappa shape index (κ1) is 8.31. The van der Waals surface area contributed by atoms with E-state index in [0.29, 0.717) is 5.69 Å². The standard InChI is InChI=1S/C9H11FN2O/c10-8-3-6(11)1-2-9(8)13-7-4-12-5-7/h1-3,7,12H,4-5,11H2. The van der Waals surface area contributed by atoms with Gasteiger partial charge in [0, 0.05) is 24.8 Å². The van der Waals surface area contributed by atoms with E-state index in [1.165, 1.54) is 6.07 Å². The lowest BCUT2D eigenvalue weighted by atomic mass is 10.2. The Balaban J connectivity index is 2.10. The van der Waals surface area contributed by atoms with Gasteiger partial charge in [-0.25, -0.2) is 4.39 Å². The number of anilines is 1. The van der Waals surface area contributed by atoms with Gasteiger partial charge in [-0.05, 0) is 12.1 Å². The lowest BCUT2D eigenvalue weighted by Crippen LogP contribution is -2.50. The molecule has 70 valence electrons. The monoisotopic (exact) mass is 182 g/mol. The molecule has 0 saturated carbocycles. The van der Waals surface area contributed by atoms with Gasteiger partial charge in [-0.1, -0.05) is 0 Å². The minimum Gasteiger partial charge on any atom is -0.485 e. The summed E-state index contributed by atoms with van der Waals surface area (Å²) in [6, 6.07) is 4.45. The second kappa shape index (κ2) is 3.22. The minimum absolute atomic E-state index is 0.0955. The van der Waals surface area contributed by atoms with Crippen molar-refractivity contribution in [3.05, 3.63) is 24.0 Å². The summed E-state index contributed by atoms with van der Waals surface area (Å²) in [5, 5.41) is 3.04. The summed E-state index contributed by atoms with van der Waals surface area (Å²) < 4.78 is 18.5. The molecule has 1 saturated heterocycles. The molecule has 4 heteroatoms. The molecular weight excluding hydrogens is 171 g/mol. The van der Waals surface area contributed by atoms with Crippen molar-refractivity contribution in [2.75, 3.05) is 18.8 Å².